The van der Waals surface area contributed by atoms with E-state index in [1.807, 2.05) is 6.92 Å². The first kappa shape index (κ1) is 45.1. The Bertz CT molecular complexity index is 2210. The second-order valence-electron chi connectivity index (χ2n) is 19.2. The molecule has 0 N–H and O–H groups in total. The van der Waals surface area contributed by atoms with Gasteiger partial charge >= 0.3 is 17.9 Å². The average Bonchev–Trinajstić information content (AvgIpc) is 3.83. The minimum Gasteiger partial charge on any atom is -0.470 e. The minimum absolute atomic E-state index is 0.106. The molecule has 5 aliphatic carbocycles. The summed E-state index contributed by atoms with van der Waals surface area (Å²) in [6, 6.07) is 17.2. The number of fused-ring (bicyclic) bond motifs is 8. The molecule has 4 atom stereocenters. The van der Waals surface area contributed by atoms with Crippen molar-refractivity contribution in [3.8, 4) is 11.5 Å². The van der Waals surface area contributed by atoms with Crippen LogP contribution in [0.4, 0.5) is 0 Å². The van der Waals surface area contributed by atoms with E-state index in [2.05, 4.69) is 67.2 Å². The van der Waals surface area contributed by atoms with E-state index in [1.54, 1.807) is 7.11 Å². The quantitative estimate of drug-likeness (QED) is 0.0432. The van der Waals surface area contributed by atoms with Crippen molar-refractivity contribution in [3.05, 3.63) is 103 Å². The smallest absolute Gasteiger partial charge is 0.338 e. The summed E-state index contributed by atoms with van der Waals surface area (Å²) < 4.78 is 25.2. The van der Waals surface area contributed by atoms with Crippen LogP contribution in [0.15, 0.2) is 68.3 Å². The van der Waals surface area contributed by atoms with Crippen molar-refractivity contribution in [1.29, 1.82) is 0 Å². The molecule has 0 amide bonds. The zero-order valence-electron chi connectivity index (χ0n) is 38.0. The number of methoxy groups -OCH3 is 1. The second-order valence-corrected chi connectivity index (χ2v) is 21.5. The van der Waals surface area contributed by atoms with E-state index < -0.39 is 11.4 Å². The summed E-state index contributed by atoms with van der Waals surface area (Å²) >= 11 is 2.54. The van der Waals surface area contributed by atoms with Gasteiger partial charge in [0.2, 0.25) is 0 Å². The Morgan fingerprint density at radius 3 is 1.62 bits per heavy atom. The lowest BCUT2D eigenvalue weighted by Crippen LogP contribution is -2.52. The van der Waals surface area contributed by atoms with E-state index in [0.29, 0.717) is 43.8 Å². The van der Waals surface area contributed by atoms with Crippen LogP contribution in [0.5, 0.6) is 11.5 Å². The van der Waals surface area contributed by atoms with E-state index in [4.69, 9.17) is 25.5 Å². The number of ether oxygens (including phenoxy) is 4. The highest BCUT2D eigenvalue weighted by molar-refractivity contribution is 8.24. The summed E-state index contributed by atoms with van der Waals surface area (Å²) in [6.45, 7) is 14.7. The number of hydrogen-bond donors (Lipinski definition) is 0. The molecule has 3 unspecified atom stereocenters. The number of nitrogens with zero attached hydrogens (tertiary/aromatic N) is 1. The standard InChI is InChI=1S/C54H63NO7S2/c1-6-8-10-16-33-22-26-35(27-23-33)50(56)61-46-41-42(44-38-19-13-15-21-40(38)54(44)39-20-14-12-18-37(39)43(41)54)47(62-51(57)36-28-24-34(25-29-36)17-11-9-7-2)49-48(46)63-53(64-49)45(55-4)52(58)60-31-30-32(3)59-5/h12-15,18-21,32-36,43-44H,6-11,16-17,22-31H2,1-3,5H3/t32?,33?,34?,35?,36?,43-,44?,54?/m0/s1. The Morgan fingerprint density at radius 1 is 0.719 bits per heavy atom. The third kappa shape index (κ3) is 7.93. The molecule has 0 aromatic heterocycles. The van der Waals surface area contributed by atoms with Gasteiger partial charge in [0.15, 0.2) is 0 Å². The molecule has 8 nitrogen and oxygen atoms in total. The maximum Gasteiger partial charge on any atom is 0.338 e. The number of thioether (sulfide) groups is 2. The number of hydrogen-bond acceptors (Lipinski definition) is 9. The van der Waals surface area contributed by atoms with E-state index in [-0.39, 0.29) is 54.0 Å². The van der Waals surface area contributed by atoms with E-state index in [0.717, 1.165) is 62.5 Å². The highest BCUT2D eigenvalue weighted by atomic mass is 32.2. The van der Waals surface area contributed by atoms with E-state index in [9.17, 15) is 14.4 Å². The number of benzene rings is 3. The SMILES string of the molecule is [C-]#[N+]C(C(=O)OCCC(C)OC)=C1Sc2c(OC(=O)C3CCC(CCCCC)CC3)c3c(c(OC(=O)C4CCC(CCCCC)CC4)c2S1)[C@@H]1c2ccccc2C12c1ccccc1C32. The first-order valence-corrected chi connectivity index (χ1v) is 25.9. The molecule has 1 aliphatic heterocycles. The maximum absolute atomic E-state index is 14.7. The molecule has 3 aromatic rings. The first-order valence-electron chi connectivity index (χ1n) is 24.3. The lowest BCUT2D eigenvalue weighted by atomic mass is 9.43. The van der Waals surface area contributed by atoms with Gasteiger partial charge in [0.05, 0.1) is 45.1 Å². The summed E-state index contributed by atoms with van der Waals surface area (Å²) in [5.74, 6) is 0.376. The molecule has 338 valence electrons. The van der Waals surface area contributed by atoms with Crippen LogP contribution in [0.3, 0.4) is 0 Å². The molecule has 1 heterocycles. The van der Waals surface area contributed by atoms with E-state index in [1.165, 1.54) is 97.1 Å². The van der Waals surface area contributed by atoms with Crippen molar-refractivity contribution < 1.29 is 33.3 Å². The highest BCUT2D eigenvalue weighted by Crippen LogP contribution is 2.81. The molecule has 6 aliphatic rings. The lowest BCUT2D eigenvalue weighted by Gasteiger charge is -2.58. The summed E-state index contributed by atoms with van der Waals surface area (Å²) in [5.41, 5.74) is 6.18. The molecular weight excluding hydrogens is 839 g/mol. The largest absolute Gasteiger partial charge is 0.470 e. The molecule has 64 heavy (non-hydrogen) atoms. The molecule has 9 rings (SSSR count). The van der Waals surface area contributed by atoms with Gasteiger partial charge in [0, 0.05) is 41.9 Å². The number of rotatable bonds is 17. The molecule has 0 bridgehead atoms. The maximum atomic E-state index is 14.7. The van der Waals surface area contributed by atoms with Crippen LogP contribution in [0, 0.1) is 30.2 Å². The lowest BCUT2D eigenvalue weighted by molar-refractivity contribution is -0.141. The highest BCUT2D eigenvalue weighted by Gasteiger charge is 2.71. The monoisotopic (exact) mass is 901 g/mol. The predicted molar refractivity (Wildman–Crippen MR) is 252 cm³/mol. The van der Waals surface area contributed by atoms with Crippen molar-refractivity contribution in [1.82, 2.24) is 0 Å². The molecule has 2 saturated carbocycles. The minimum atomic E-state index is -0.711. The van der Waals surface area contributed by atoms with E-state index >= 15 is 0 Å². The topological polar surface area (TPSA) is 92.5 Å². The van der Waals surface area contributed by atoms with Gasteiger partial charge in [-0.2, -0.15) is 0 Å². The van der Waals surface area contributed by atoms with Crippen molar-refractivity contribution in [2.24, 2.45) is 23.7 Å². The summed E-state index contributed by atoms with van der Waals surface area (Å²) in [7, 11) is 1.61. The van der Waals surface area contributed by atoms with Crippen LogP contribution in [-0.2, 0) is 29.3 Å². The van der Waals surface area contributed by atoms with Crippen molar-refractivity contribution in [3.63, 3.8) is 0 Å². The number of esters is 3. The Labute approximate surface area is 388 Å². The number of carbonyl (C=O) groups is 3. The molecular formula is C54H63NO7S2. The summed E-state index contributed by atoms with van der Waals surface area (Å²) in [4.78, 5) is 48.0. The fraction of sp³-hybridized carbons (Fsp3) is 0.556. The van der Waals surface area contributed by atoms with Gasteiger partial charge in [-0.05, 0) is 92.4 Å². The van der Waals surface area contributed by atoms with Crippen molar-refractivity contribution in [2.75, 3.05) is 13.7 Å². The van der Waals surface area contributed by atoms with Crippen molar-refractivity contribution in [2.45, 2.75) is 163 Å². The van der Waals surface area contributed by atoms with Gasteiger partial charge in [-0.3, -0.25) is 14.4 Å². The summed E-state index contributed by atoms with van der Waals surface area (Å²) in [6.07, 6.45) is 17.4. The van der Waals surface area contributed by atoms with Crippen LogP contribution >= 0.6 is 23.5 Å². The molecule has 2 fully saturated rings. The second kappa shape index (κ2) is 19.4. The van der Waals surface area contributed by atoms with Gasteiger partial charge in [-0.15, -0.1) is 0 Å². The van der Waals surface area contributed by atoms with Crippen LogP contribution in [0.1, 0.15) is 175 Å². The zero-order chi connectivity index (χ0) is 44.5. The Balaban J connectivity index is 1.14. The molecule has 0 saturated heterocycles. The van der Waals surface area contributed by atoms with Crippen LogP contribution in [-0.4, -0.2) is 37.7 Å². The van der Waals surface area contributed by atoms with Crippen LogP contribution < -0.4 is 9.47 Å². The third-order valence-electron chi connectivity index (χ3n) is 15.6. The average molecular weight is 902 g/mol. The fourth-order valence-corrected chi connectivity index (χ4v) is 14.6. The summed E-state index contributed by atoms with van der Waals surface area (Å²) in [5, 5.41) is 0. The fourth-order valence-electron chi connectivity index (χ4n) is 12.0. The van der Waals surface area contributed by atoms with Gasteiger partial charge in [0.1, 0.15) is 11.5 Å². The van der Waals surface area contributed by atoms with Gasteiger partial charge in [0.25, 0.3) is 5.70 Å². The number of carbonyl (C=O) groups excluding carboxylic acids is 3. The van der Waals surface area contributed by atoms with Crippen LogP contribution in [0.25, 0.3) is 4.85 Å². The van der Waals surface area contributed by atoms with Crippen LogP contribution in [0.2, 0.25) is 0 Å². The molecule has 10 heteroatoms. The Kier molecular flexibility index (Phi) is 13.7. The Morgan fingerprint density at radius 2 is 1.19 bits per heavy atom. The van der Waals surface area contributed by atoms with Gasteiger partial charge < -0.3 is 18.9 Å². The molecule has 1 spiro atoms. The predicted octanol–water partition coefficient (Wildman–Crippen LogP) is 13.4. The van der Waals surface area contributed by atoms with Crippen molar-refractivity contribution >= 4 is 41.4 Å². The zero-order valence-corrected chi connectivity index (χ0v) is 39.6. The van der Waals surface area contributed by atoms with Gasteiger partial charge in [-0.25, -0.2) is 4.85 Å². The first-order chi connectivity index (χ1) is 31.2. The number of unbranched alkanes of at least 4 members (excludes halogenated alkanes) is 4. The molecule has 0 radical (unpaired) electrons. The third-order valence-corrected chi connectivity index (χ3v) is 18.1. The Hall–Kier alpha value is -4.04. The molecule has 3 aromatic carbocycles. The normalized spacial score (nSPS) is 26.9. The van der Waals surface area contributed by atoms with Gasteiger partial charge in [-0.1, -0.05) is 137 Å².